The van der Waals surface area contributed by atoms with Gasteiger partial charge in [-0.05, 0) is 104 Å². The van der Waals surface area contributed by atoms with Crippen LogP contribution in [0.4, 0.5) is 30.9 Å². The number of nitrogens with zero attached hydrogens (tertiary/aromatic N) is 15. The maximum Gasteiger partial charge on any atom is 0.450 e. The minimum atomic E-state index is -1.94. The summed E-state index contributed by atoms with van der Waals surface area (Å²) in [7, 11) is 0.625. The van der Waals surface area contributed by atoms with Gasteiger partial charge < -0.3 is 89.7 Å². The van der Waals surface area contributed by atoms with E-state index in [-0.39, 0.29) is 62.8 Å². The Kier molecular flexibility index (Phi) is 36.2. The molecule has 119 heavy (non-hydrogen) atoms. The number of aliphatic hydroxyl groups excluding tert-OH is 4. The monoisotopic (exact) mass is 1700 g/mol. The van der Waals surface area contributed by atoms with E-state index in [0.29, 0.717) is 61.6 Å². The van der Waals surface area contributed by atoms with E-state index in [1.165, 1.54) is 34.1 Å². The second kappa shape index (κ2) is 46.7. The number of fused-ring (bicyclic) bond motifs is 3. The zero-order valence-corrected chi connectivity index (χ0v) is 66.5. The summed E-state index contributed by atoms with van der Waals surface area (Å²) in [6, 6.07) is 69.0. The summed E-state index contributed by atoms with van der Waals surface area (Å²) >= 11 is 14.4. The molecule has 6 aromatic heterocycles. The van der Waals surface area contributed by atoms with Gasteiger partial charge in [-0.3, -0.25) is 0 Å². The molecule has 15 rings (SSSR count). The van der Waals surface area contributed by atoms with Crippen molar-refractivity contribution < 1.29 is 81.6 Å². The second-order valence-electron chi connectivity index (χ2n) is 26.1. The van der Waals surface area contributed by atoms with Crippen molar-refractivity contribution in [2.75, 3.05) is 43.6 Å². The molecule has 0 saturated carbocycles. The predicted octanol–water partition coefficient (Wildman–Crippen LogP) is 12.2. The van der Waals surface area contributed by atoms with E-state index in [2.05, 4.69) is 50.3 Å². The molecular weight excluding hydrogens is 1610 g/mol. The molecule has 12 aromatic rings. The Bertz CT molecular complexity index is 5110. The molecule has 3 fully saturated rings. The number of hydrogen-bond acceptors (Lipinski definition) is 25. The highest BCUT2D eigenvalue weighted by Gasteiger charge is 2.61. The first-order valence-electron chi connectivity index (χ1n) is 37.0. The number of nitrogens with two attached hydrogens (primary N) is 3. The molecule has 40 heteroatoms. The van der Waals surface area contributed by atoms with Gasteiger partial charge in [-0.1, -0.05) is 189 Å². The Balaban J connectivity index is 0.000000196. The summed E-state index contributed by atoms with van der Waals surface area (Å²) in [6.45, 7) is 5.25. The fraction of sp³-hybridized carbons (Fsp3) is 0.316. The van der Waals surface area contributed by atoms with Gasteiger partial charge >= 0.3 is 12.5 Å². The Morgan fingerprint density at radius 1 is 0.479 bits per heavy atom. The Morgan fingerprint density at radius 2 is 0.782 bits per heavy atom. The first-order chi connectivity index (χ1) is 57.9. The first-order valence-corrected chi connectivity index (χ1v) is 38.3. The van der Waals surface area contributed by atoms with Crippen LogP contribution in [0.3, 0.4) is 0 Å². The van der Waals surface area contributed by atoms with Gasteiger partial charge in [-0.15, -0.1) is 0 Å². The highest BCUT2D eigenvalue weighted by Crippen LogP contribution is 2.47. The fourth-order valence-corrected chi connectivity index (χ4v) is 13.1. The maximum absolute atomic E-state index is 12.3. The van der Waals surface area contributed by atoms with Crippen molar-refractivity contribution in [1.82, 2.24) is 43.8 Å². The van der Waals surface area contributed by atoms with Crippen molar-refractivity contribution in [2.45, 2.75) is 132 Å². The quantitative estimate of drug-likeness (QED) is 0.0103. The molecule has 625 valence electrons. The van der Waals surface area contributed by atoms with Gasteiger partial charge in [0.25, 0.3) is 0 Å². The van der Waals surface area contributed by atoms with E-state index in [1.807, 2.05) is 182 Å². The summed E-state index contributed by atoms with van der Waals surface area (Å²) in [6.07, 6.45) is -4.21. The Hall–Kier alpha value is -10.6. The lowest BCUT2D eigenvalue weighted by Crippen LogP contribution is -2.45. The van der Waals surface area contributed by atoms with Crippen LogP contribution < -0.4 is 17.2 Å². The van der Waals surface area contributed by atoms with Crippen LogP contribution in [0.15, 0.2) is 248 Å². The van der Waals surface area contributed by atoms with Gasteiger partial charge in [-0.2, -0.15) is 49.7 Å². The Labute approximate surface area is 697 Å². The maximum atomic E-state index is 12.3. The minimum Gasteiger partial charge on any atom is -0.397 e. The van der Waals surface area contributed by atoms with Gasteiger partial charge in [0.1, 0.15) is 96.2 Å². The van der Waals surface area contributed by atoms with Crippen LogP contribution in [0.2, 0.25) is 6.32 Å². The summed E-state index contributed by atoms with van der Waals surface area (Å²) in [5.41, 5.74) is 41.5. The normalized spacial score (nSPS) is 21.9. The number of rotatable bonds is 27. The number of benzene rings is 6. The standard InChI is InChI=1S/C32H31N7O4.C32H32N4O5.C11H13N7O4.C2H5BF.C2H6O.BCl3.F2/c33-31-26-16-17-28(39(26)36-22-35-31)32(37-38-34)30(42-20-25-14-8-3-9-15-25)29(41-19-24-12-6-2-7-13-24)27(43-32)21-40-18-23-10-4-1-5-11-23;33-31-26-16-17-28(36(26)35-22-34-31)32(37)30(40-20-25-14-8-3-9-15-25)29(39-19-24-12-6-2-7-13-24)27(41-32)21-38-18-23-10-4-1-5-11-23;12-10-5-1-2-7(18(5)15-4-14-10)11(16-17-13)9(21)8(20)6(3-19)22-11;1-2-3-4;1-2-3;2-1(3)4;1-2/h1-17,22,27,29-30H,18-21H2,(H2,33,35,36);1-17,22,27,29-30,37H,18-21H2,(H2,33,34,35);1-2,4,6,8-9,19-21H,3H2,(H2,12,14,15);2H2,1H3;3H,2H2,1H3;;/t27-,29-,30-,32+;27-,29-,30-,32?;6-,8-,9-,11+;;;;/m111..../s1. The van der Waals surface area contributed by atoms with Gasteiger partial charge in [0, 0.05) is 25.6 Å². The Morgan fingerprint density at radius 3 is 1.13 bits per heavy atom. The van der Waals surface area contributed by atoms with Crippen LogP contribution in [-0.4, -0.2) is 163 Å². The fourth-order valence-electron chi connectivity index (χ4n) is 13.1. The molecule has 11 N–H and O–H groups in total. The van der Waals surface area contributed by atoms with Crippen molar-refractivity contribution in [3.05, 3.63) is 309 Å². The highest BCUT2D eigenvalue weighted by molar-refractivity contribution is 7.54. The van der Waals surface area contributed by atoms with Crippen LogP contribution in [0.1, 0.15) is 64.3 Å². The van der Waals surface area contributed by atoms with E-state index >= 15 is 0 Å². The molecule has 1 radical (unpaired) electrons. The molecule has 0 spiro atoms. The molecule has 0 aliphatic carbocycles. The molecule has 0 amide bonds. The van der Waals surface area contributed by atoms with Gasteiger partial charge in [0.05, 0.1) is 70.8 Å². The highest BCUT2D eigenvalue weighted by atomic mass is 35.6. The topological polar surface area (TPSA) is 450 Å². The summed E-state index contributed by atoms with van der Waals surface area (Å²) in [5.74, 6) is -1.18. The van der Waals surface area contributed by atoms with E-state index < -0.39 is 83.7 Å². The largest absolute Gasteiger partial charge is 0.450 e. The van der Waals surface area contributed by atoms with Crippen molar-refractivity contribution in [3.63, 3.8) is 0 Å². The molecule has 6 aromatic carbocycles. The summed E-state index contributed by atoms with van der Waals surface area (Å²) < 4.78 is 87.9. The van der Waals surface area contributed by atoms with Crippen LogP contribution >= 0.6 is 34.4 Å². The van der Waals surface area contributed by atoms with Crippen molar-refractivity contribution in [3.8, 4) is 0 Å². The number of hydrogen-bond donors (Lipinski definition) is 8. The number of halogens is 6. The molecule has 0 bridgehead atoms. The predicted molar refractivity (Wildman–Crippen MR) is 439 cm³/mol. The molecule has 1 unspecified atom stereocenters. The average molecular weight is 1700 g/mol. The number of aliphatic hydroxyl groups is 5. The number of aromatic nitrogens is 9. The number of anilines is 3. The van der Waals surface area contributed by atoms with E-state index in [4.69, 9.17) is 114 Å². The third-order valence-electron chi connectivity index (χ3n) is 18.4. The van der Waals surface area contributed by atoms with Gasteiger partial charge in [0.15, 0.2) is 17.5 Å². The van der Waals surface area contributed by atoms with Gasteiger partial charge in [-0.25, -0.2) is 28.5 Å². The van der Waals surface area contributed by atoms with Crippen LogP contribution in [0.5, 0.6) is 0 Å². The molecule has 9 heterocycles. The molecule has 3 aliphatic heterocycles. The molecular formula is C79H87B2Cl3F3N18O14. The number of nitrogen functional groups attached to an aromatic ring is 3. The smallest absolute Gasteiger partial charge is 0.397 e. The summed E-state index contributed by atoms with van der Waals surface area (Å²) in [5, 5.41) is 69.9. The third kappa shape index (κ3) is 23.7. The lowest BCUT2D eigenvalue weighted by molar-refractivity contribution is -0.256. The second-order valence-corrected chi connectivity index (χ2v) is 28.1. The average Bonchev–Trinajstić information content (AvgIpc) is 1.49. The number of azide groups is 2. The summed E-state index contributed by atoms with van der Waals surface area (Å²) in [4.78, 5) is 17.2. The zero-order valence-electron chi connectivity index (χ0n) is 64.3. The molecule has 3 saturated heterocycles. The number of ether oxygens (including phenoxy) is 9. The van der Waals surface area contributed by atoms with Crippen LogP contribution in [0, 0.1) is 0 Å². The lowest BCUT2D eigenvalue weighted by atomic mass is 9.99. The van der Waals surface area contributed by atoms with E-state index in [0.717, 1.165) is 33.4 Å². The molecule has 12 atom stereocenters. The van der Waals surface area contributed by atoms with Crippen molar-refractivity contribution >= 4 is 80.9 Å². The van der Waals surface area contributed by atoms with Crippen LogP contribution in [0.25, 0.3) is 37.4 Å². The van der Waals surface area contributed by atoms with Crippen LogP contribution in [-0.2, 0) is 99.5 Å². The first kappa shape index (κ1) is 92.3. The SMILES string of the molecule is CCO.CC[B]F.ClB(Cl)Cl.FF.Nc1ncnn2c(C3(O)O[C@H](COCc4ccccc4)[C@@H](OCc4ccccc4)[C@H]3OCc3ccccc3)ccc12.[N-]=[N+]=N[C@@]1(c2ccc3c(N)ncnn23)O[C@H](CO)[C@@H](O)[C@H]1O.[N-]=[N+]=N[C@@]1(c2ccc3c(N)ncnn23)O[C@H](COCc2ccccc2)[C@@H](OCc2ccccc2)[C@H]1OCc1ccccc1. The van der Waals surface area contributed by atoms with Crippen molar-refractivity contribution in [1.29, 1.82) is 0 Å². The van der Waals surface area contributed by atoms with Crippen molar-refractivity contribution in [2.24, 2.45) is 10.2 Å². The van der Waals surface area contributed by atoms with Gasteiger partial charge in [0.2, 0.25) is 17.2 Å². The molecule has 32 nitrogen and oxygen atoms in total. The van der Waals surface area contributed by atoms with E-state index in [1.54, 1.807) is 48.7 Å². The lowest BCUT2D eigenvalue weighted by Gasteiger charge is -2.31. The third-order valence-corrected chi connectivity index (χ3v) is 18.4. The van der Waals surface area contributed by atoms with E-state index in [9.17, 15) is 30.3 Å². The molecule has 3 aliphatic rings. The minimum absolute atomic E-state index is 0.155. The zero-order chi connectivity index (χ0) is 85.2.